The highest BCUT2D eigenvalue weighted by Crippen LogP contribution is 2.45. The van der Waals surface area contributed by atoms with Crippen LogP contribution in [0.5, 0.6) is 0 Å². The molecule has 0 saturated heterocycles. The van der Waals surface area contributed by atoms with Crippen molar-refractivity contribution in [2.75, 3.05) is 5.32 Å². The second-order valence-electron chi connectivity index (χ2n) is 4.52. The first-order valence-electron chi connectivity index (χ1n) is 5.44. The maximum atomic E-state index is 4.25. The molecule has 2 fully saturated rings. The highest BCUT2D eigenvalue weighted by atomic mass is 15.0. The minimum Gasteiger partial charge on any atom is -0.366 e. The molecule has 74 valence electrons. The van der Waals surface area contributed by atoms with Gasteiger partial charge in [0.05, 0.1) is 6.20 Å². The summed E-state index contributed by atoms with van der Waals surface area (Å²) in [6, 6.07) is 0.658. The van der Waals surface area contributed by atoms with E-state index in [-0.39, 0.29) is 0 Å². The van der Waals surface area contributed by atoms with Crippen molar-refractivity contribution in [3.8, 4) is 0 Å². The van der Waals surface area contributed by atoms with Gasteiger partial charge < -0.3 is 5.32 Å². The topological polar surface area (TPSA) is 37.8 Å². The summed E-state index contributed by atoms with van der Waals surface area (Å²) in [6.07, 6.45) is 10.9. The average Bonchev–Trinajstić information content (AvgIpc) is 2.81. The summed E-state index contributed by atoms with van der Waals surface area (Å²) in [5, 5.41) is 3.50. The molecule has 0 amide bonds. The van der Waals surface area contributed by atoms with Gasteiger partial charge in [0.15, 0.2) is 0 Å². The quantitative estimate of drug-likeness (QED) is 0.774. The summed E-state index contributed by atoms with van der Waals surface area (Å²) in [7, 11) is 0. The molecule has 2 aliphatic rings. The Morgan fingerprint density at radius 2 is 2.21 bits per heavy atom. The highest BCUT2D eigenvalue weighted by molar-refractivity contribution is 5.32. The molecular formula is C11H15N3. The zero-order chi connectivity index (χ0) is 9.38. The van der Waals surface area contributed by atoms with Crippen LogP contribution in [0, 0.1) is 11.8 Å². The third-order valence-corrected chi connectivity index (χ3v) is 3.63. The van der Waals surface area contributed by atoms with Crippen LogP contribution >= 0.6 is 0 Å². The van der Waals surface area contributed by atoms with Crippen molar-refractivity contribution in [2.24, 2.45) is 11.8 Å². The standard InChI is InChI=1S/C11H15N3/c1-2-9-5-8(1)6-10(9)14-11-7-12-3-4-13-11/h3-4,7-10H,1-2,5-6H2,(H,13,14). The smallest absolute Gasteiger partial charge is 0.144 e. The number of nitrogens with zero attached hydrogens (tertiary/aromatic N) is 2. The molecule has 1 aromatic heterocycles. The zero-order valence-corrected chi connectivity index (χ0v) is 8.19. The Morgan fingerprint density at radius 1 is 1.21 bits per heavy atom. The van der Waals surface area contributed by atoms with Crippen molar-refractivity contribution in [1.29, 1.82) is 0 Å². The Hall–Kier alpha value is -1.12. The molecule has 2 bridgehead atoms. The molecule has 3 atom stereocenters. The van der Waals surface area contributed by atoms with Gasteiger partial charge in [0, 0.05) is 18.4 Å². The molecule has 14 heavy (non-hydrogen) atoms. The lowest BCUT2D eigenvalue weighted by atomic mass is 9.95. The van der Waals surface area contributed by atoms with Gasteiger partial charge in [0.25, 0.3) is 0 Å². The highest BCUT2D eigenvalue weighted by Gasteiger charge is 2.39. The normalized spacial score (nSPS) is 34.7. The Bertz CT molecular complexity index is 312. The SMILES string of the molecule is c1cnc(NC2CC3CCC2C3)cn1. The minimum atomic E-state index is 0.658. The van der Waals surface area contributed by atoms with E-state index in [1.165, 1.54) is 25.7 Å². The van der Waals surface area contributed by atoms with E-state index in [2.05, 4.69) is 15.3 Å². The van der Waals surface area contributed by atoms with Crippen LogP contribution in [-0.4, -0.2) is 16.0 Å². The van der Waals surface area contributed by atoms with Crippen molar-refractivity contribution in [3.63, 3.8) is 0 Å². The number of hydrogen-bond donors (Lipinski definition) is 1. The number of aromatic nitrogens is 2. The summed E-state index contributed by atoms with van der Waals surface area (Å²) in [5.41, 5.74) is 0. The predicted molar refractivity (Wildman–Crippen MR) is 54.9 cm³/mol. The number of nitrogens with one attached hydrogen (secondary N) is 1. The van der Waals surface area contributed by atoms with Crippen LogP contribution in [0.2, 0.25) is 0 Å². The molecular weight excluding hydrogens is 174 g/mol. The first kappa shape index (κ1) is 8.21. The first-order valence-corrected chi connectivity index (χ1v) is 5.44. The van der Waals surface area contributed by atoms with Gasteiger partial charge in [0.1, 0.15) is 5.82 Å². The van der Waals surface area contributed by atoms with E-state index < -0.39 is 0 Å². The fourth-order valence-corrected chi connectivity index (χ4v) is 2.99. The molecule has 0 spiro atoms. The lowest BCUT2D eigenvalue weighted by molar-refractivity contribution is 0.439. The Kier molecular flexibility index (Phi) is 1.89. The van der Waals surface area contributed by atoms with Gasteiger partial charge >= 0.3 is 0 Å². The number of anilines is 1. The van der Waals surface area contributed by atoms with Gasteiger partial charge in [-0.25, -0.2) is 4.98 Å². The van der Waals surface area contributed by atoms with Crippen molar-refractivity contribution in [3.05, 3.63) is 18.6 Å². The predicted octanol–water partition coefficient (Wildman–Crippen LogP) is 2.08. The van der Waals surface area contributed by atoms with Gasteiger partial charge in [-0.3, -0.25) is 4.98 Å². The number of fused-ring (bicyclic) bond motifs is 2. The van der Waals surface area contributed by atoms with Gasteiger partial charge in [-0.15, -0.1) is 0 Å². The summed E-state index contributed by atoms with van der Waals surface area (Å²) in [4.78, 5) is 8.32. The van der Waals surface area contributed by atoms with Crippen LogP contribution < -0.4 is 5.32 Å². The van der Waals surface area contributed by atoms with E-state index in [0.717, 1.165) is 17.7 Å². The molecule has 3 rings (SSSR count). The van der Waals surface area contributed by atoms with Crippen LogP contribution in [0.3, 0.4) is 0 Å². The van der Waals surface area contributed by atoms with Gasteiger partial charge in [0.2, 0.25) is 0 Å². The summed E-state index contributed by atoms with van der Waals surface area (Å²) < 4.78 is 0. The summed E-state index contributed by atoms with van der Waals surface area (Å²) in [6.45, 7) is 0. The third kappa shape index (κ3) is 1.37. The maximum Gasteiger partial charge on any atom is 0.144 e. The Balaban J connectivity index is 1.69. The number of rotatable bonds is 2. The van der Waals surface area contributed by atoms with E-state index >= 15 is 0 Å². The third-order valence-electron chi connectivity index (χ3n) is 3.63. The van der Waals surface area contributed by atoms with Crippen LogP contribution in [0.4, 0.5) is 5.82 Å². The summed E-state index contributed by atoms with van der Waals surface area (Å²) >= 11 is 0. The lowest BCUT2D eigenvalue weighted by Crippen LogP contribution is -2.26. The molecule has 0 aromatic carbocycles. The van der Waals surface area contributed by atoms with Gasteiger partial charge in [-0.05, 0) is 31.1 Å². The van der Waals surface area contributed by atoms with E-state index in [1.807, 2.05) is 6.20 Å². The molecule has 3 heteroatoms. The van der Waals surface area contributed by atoms with Crippen molar-refractivity contribution in [1.82, 2.24) is 9.97 Å². The van der Waals surface area contributed by atoms with Crippen LogP contribution in [-0.2, 0) is 0 Å². The second kappa shape index (κ2) is 3.23. The van der Waals surface area contributed by atoms with Crippen LogP contribution in [0.15, 0.2) is 18.6 Å². The fraction of sp³-hybridized carbons (Fsp3) is 0.636. The largest absolute Gasteiger partial charge is 0.366 e. The molecule has 1 heterocycles. The van der Waals surface area contributed by atoms with Crippen LogP contribution in [0.1, 0.15) is 25.7 Å². The monoisotopic (exact) mass is 189 g/mol. The Labute approximate surface area is 84.0 Å². The Morgan fingerprint density at radius 3 is 2.86 bits per heavy atom. The molecule has 1 aromatic rings. The molecule has 1 N–H and O–H groups in total. The lowest BCUT2D eigenvalue weighted by Gasteiger charge is -2.22. The van der Waals surface area contributed by atoms with Gasteiger partial charge in [-0.2, -0.15) is 0 Å². The van der Waals surface area contributed by atoms with E-state index in [9.17, 15) is 0 Å². The van der Waals surface area contributed by atoms with E-state index in [1.54, 1.807) is 12.4 Å². The average molecular weight is 189 g/mol. The van der Waals surface area contributed by atoms with Crippen molar-refractivity contribution < 1.29 is 0 Å². The number of hydrogen-bond acceptors (Lipinski definition) is 3. The molecule has 0 aliphatic heterocycles. The van der Waals surface area contributed by atoms with Crippen LogP contribution in [0.25, 0.3) is 0 Å². The van der Waals surface area contributed by atoms with Gasteiger partial charge in [-0.1, -0.05) is 6.42 Å². The van der Waals surface area contributed by atoms with Crippen molar-refractivity contribution >= 4 is 5.82 Å². The first-order chi connectivity index (χ1) is 6.92. The fourth-order valence-electron chi connectivity index (χ4n) is 2.99. The molecule has 2 aliphatic carbocycles. The maximum absolute atomic E-state index is 4.25. The van der Waals surface area contributed by atoms with Crippen molar-refractivity contribution in [2.45, 2.75) is 31.7 Å². The second-order valence-corrected chi connectivity index (χ2v) is 4.52. The molecule has 0 radical (unpaired) electrons. The molecule has 2 saturated carbocycles. The molecule has 3 nitrogen and oxygen atoms in total. The van der Waals surface area contributed by atoms with E-state index in [0.29, 0.717) is 6.04 Å². The molecule has 3 unspecified atom stereocenters. The zero-order valence-electron chi connectivity index (χ0n) is 8.19. The van der Waals surface area contributed by atoms with E-state index in [4.69, 9.17) is 0 Å². The summed E-state index contributed by atoms with van der Waals surface area (Å²) in [5.74, 6) is 2.81. The minimum absolute atomic E-state index is 0.658.